The molecule has 4 saturated carbocycles. The molecule has 4 fully saturated rings. The Morgan fingerprint density at radius 1 is 1.25 bits per heavy atom. The summed E-state index contributed by atoms with van der Waals surface area (Å²) in [6, 6.07) is 0. The Balaban J connectivity index is 1.63. The number of nitrogens with zero attached hydrogens (tertiary/aromatic N) is 1. The molecule has 4 aliphatic rings. The highest BCUT2D eigenvalue weighted by Gasteiger charge is 2.61. The highest BCUT2D eigenvalue weighted by molar-refractivity contribution is 5.13. The number of rotatable bonds is 3. The lowest BCUT2D eigenvalue weighted by molar-refractivity contribution is -0.185. The van der Waals surface area contributed by atoms with Crippen molar-refractivity contribution in [3.8, 4) is 0 Å². The Morgan fingerprint density at radius 2 is 1.95 bits per heavy atom. The van der Waals surface area contributed by atoms with E-state index in [1.807, 2.05) is 6.20 Å². The van der Waals surface area contributed by atoms with Crippen molar-refractivity contribution in [2.75, 3.05) is 0 Å². The first-order valence-corrected chi connectivity index (χ1v) is 8.07. The van der Waals surface area contributed by atoms with Gasteiger partial charge in [0.05, 0.1) is 6.10 Å². The first-order chi connectivity index (χ1) is 9.41. The predicted molar refractivity (Wildman–Crippen MR) is 78.1 cm³/mol. The normalized spacial score (nSPS) is 47.6. The third-order valence-corrected chi connectivity index (χ3v) is 6.32. The minimum absolute atomic E-state index is 0.149. The van der Waals surface area contributed by atoms with Crippen LogP contribution in [0, 0.1) is 22.2 Å². The van der Waals surface area contributed by atoms with Gasteiger partial charge in [-0.15, -0.1) is 0 Å². The second kappa shape index (κ2) is 3.88. The first kappa shape index (κ1) is 12.9. The average molecular weight is 274 g/mol. The third kappa shape index (κ3) is 1.86. The molecule has 4 bridgehead atoms. The van der Waals surface area contributed by atoms with Crippen LogP contribution in [0.3, 0.4) is 0 Å². The lowest BCUT2D eigenvalue weighted by Crippen LogP contribution is -2.59. The van der Waals surface area contributed by atoms with Crippen molar-refractivity contribution in [2.24, 2.45) is 22.2 Å². The zero-order chi connectivity index (χ0) is 14.0. The monoisotopic (exact) mass is 274 g/mol. The van der Waals surface area contributed by atoms with Gasteiger partial charge in [0.1, 0.15) is 5.82 Å². The summed E-state index contributed by atoms with van der Waals surface area (Å²) in [5.41, 5.74) is 1.09. The van der Waals surface area contributed by atoms with Crippen LogP contribution in [0.25, 0.3) is 0 Å². The number of aliphatic hydroxyl groups is 1. The minimum atomic E-state index is -0.240. The van der Waals surface area contributed by atoms with Crippen LogP contribution in [0.2, 0.25) is 0 Å². The van der Waals surface area contributed by atoms with Crippen molar-refractivity contribution >= 4 is 0 Å². The van der Waals surface area contributed by atoms with Gasteiger partial charge in [-0.2, -0.15) is 0 Å². The Kier molecular flexibility index (Phi) is 2.50. The van der Waals surface area contributed by atoms with Gasteiger partial charge in [-0.25, -0.2) is 4.98 Å². The van der Waals surface area contributed by atoms with Crippen LogP contribution in [0.1, 0.15) is 58.2 Å². The SMILES string of the molecule is CC12CC3CC(C)(C1)CC(C(O)Cc1ncc[nH]1)(C3)C2. The molecule has 1 aromatic heterocycles. The molecule has 0 amide bonds. The fraction of sp³-hybridized carbons (Fsp3) is 0.824. The second-order valence-electron chi connectivity index (χ2n) is 8.75. The minimum Gasteiger partial charge on any atom is -0.392 e. The summed E-state index contributed by atoms with van der Waals surface area (Å²) in [6.45, 7) is 4.92. The van der Waals surface area contributed by atoms with Crippen LogP contribution in [0.5, 0.6) is 0 Å². The van der Waals surface area contributed by atoms with Crippen molar-refractivity contribution in [3.63, 3.8) is 0 Å². The van der Waals surface area contributed by atoms with Crippen molar-refractivity contribution in [1.82, 2.24) is 9.97 Å². The Morgan fingerprint density at radius 3 is 2.50 bits per heavy atom. The Labute approximate surface area is 121 Å². The lowest BCUT2D eigenvalue weighted by Gasteiger charge is -2.66. The number of nitrogens with one attached hydrogen (secondary N) is 1. The summed E-state index contributed by atoms with van der Waals surface area (Å²) < 4.78 is 0. The van der Waals surface area contributed by atoms with E-state index >= 15 is 0 Å². The fourth-order valence-electron chi connectivity index (χ4n) is 6.72. The number of hydrogen-bond donors (Lipinski definition) is 2. The molecule has 110 valence electrons. The number of aliphatic hydroxyl groups excluding tert-OH is 1. The number of aromatic amines is 1. The van der Waals surface area contributed by atoms with Crippen LogP contribution < -0.4 is 0 Å². The molecule has 3 unspecified atom stereocenters. The van der Waals surface area contributed by atoms with E-state index in [4.69, 9.17) is 0 Å². The molecule has 1 aromatic rings. The standard InChI is InChI=1S/C17H26N2O/c1-15-6-12-7-16(2,9-15)11-17(8-12,10-15)13(20)5-14-18-3-4-19-14/h3-4,12-13,20H,5-11H2,1-2H3,(H,18,19). The number of H-pyrrole nitrogens is 1. The van der Waals surface area contributed by atoms with E-state index in [1.54, 1.807) is 6.20 Å². The van der Waals surface area contributed by atoms with Crippen molar-refractivity contribution in [3.05, 3.63) is 18.2 Å². The second-order valence-corrected chi connectivity index (χ2v) is 8.75. The molecule has 3 heteroatoms. The summed E-state index contributed by atoms with van der Waals surface area (Å²) >= 11 is 0. The molecule has 3 nitrogen and oxygen atoms in total. The van der Waals surface area contributed by atoms with E-state index in [0.717, 1.165) is 11.7 Å². The number of imidazole rings is 1. The van der Waals surface area contributed by atoms with E-state index in [1.165, 1.54) is 38.5 Å². The van der Waals surface area contributed by atoms with Crippen LogP contribution >= 0.6 is 0 Å². The molecular formula is C17H26N2O. The third-order valence-electron chi connectivity index (χ3n) is 6.32. The van der Waals surface area contributed by atoms with Gasteiger partial charge in [0.2, 0.25) is 0 Å². The summed E-state index contributed by atoms with van der Waals surface area (Å²) in [7, 11) is 0. The molecule has 4 aliphatic carbocycles. The van der Waals surface area contributed by atoms with Gasteiger partial charge in [-0.3, -0.25) is 0 Å². The van der Waals surface area contributed by atoms with Crippen molar-refractivity contribution in [1.29, 1.82) is 0 Å². The molecule has 5 rings (SSSR count). The van der Waals surface area contributed by atoms with Gasteiger partial charge in [0.25, 0.3) is 0 Å². The number of aromatic nitrogens is 2. The molecule has 3 atom stereocenters. The van der Waals surface area contributed by atoms with Crippen LogP contribution in [-0.4, -0.2) is 21.2 Å². The van der Waals surface area contributed by atoms with Gasteiger partial charge in [-0.1, -0.05) is 13.8 Å². The molecule has 0 radical (unpaired) electrons. The zero-order valence-corrected chi connectivity index (χ0v) is 12.7. The van der Waals surface area contributed by atoms with E-state index < -0.39 is 0 Å². The highest BCUT2D eigenvalue weighted by atomic mass is 16.3. The summed E-state index contributed by atoms with van der Waals surface area (Å²) in [5, 5.41) is 11.0. The van der Waals surface area contributed by atoms with Gasteiger partial charge < -0.3 is 10.1 Å². The molecule has 1 heterocycles. The maximum Gasteiger partial charge on any atom is 0.108 e. The van der Waals surface area contributed by atoms with Gasteiger partial charge in [0, 0.05) is 18.8 Å². The van der Waals surface area contributed by atoms with Gasteiger partial charge in [-0.05, 0) is 60.7 Å². The van der Waals surface area contributed by atoms with E-state index in [9.17, 15) is 5.11 Å². The van der Waals surface area contributed by atoms with Gasteiger partial charge >= 0.3 is 0 Å². The largest absolute Gasteiger partial charge is 0.392 e. The zero-order valence-electron chi connectivity index (χ0n) is 12.7. The highest BCUT2D eigenvalue weighted by Crippen LogP contribution is 2.70. The summed E-state index contributed by atoms with van der Waals surface area (Å²) in [4.78, 5) is 7.45. The topological polar surface area (TPSA) is 48.9 Å². The number of hydrogen-bond acceptors (Lipinski definition) is 2. The molecule has 2 N–H and O–H groups in total. The Hall–Kier alpha value is -0.830. The molecule has 0 aliphatic heterocycles. The van der Waals surface area contributed by atoms with Crippen LogP contribution in [0.4, 0.5) is 0 Å². The van der Waals surface area contributed by atoms with E-state index in [-0.39, 0.29) is 11.5 Å². The smallest absolute Gasteiger partial charge is 0.108 e. The van der Waals surface area contributed by atoms with Crippen molar-refractivity contribution in [2.45, 2.75) is 64.9 Å². The van der Waals surface area contributed by atoms with Crippen LogP contribution in [0.15, 0.2) is 12.4 Å². The molecule has 0 saturated heterocycles. The maximum absolute atomic E-state index is 11.0. The van der Waals surface area contributed by atoms with Gasteiger partial charge in [0.15, 0.2) is 0 Å². The predicted octanol–water partition coefficient (Wildman–Crippen LogP) is 3.31. The Bertz CT molecular complexity index is 491. The fourth-order valence-corrected chi connectivity index (χ4v) is 6.72. The summed E-state index contributed by atoms with van der Waals surface area (Å²) in [6.07, 6.45) is 11.9. The average Bonchev–Trinajstić information content (AvgIpc) is 2.76. The van der Waals surface area contributed by atoms with Crippen molar-refractivity contribution < 1.29 is 5.11 Å². The molecular weight excluding hydrogens is 248 g/mol. The molecule has 20 heavy (non-hydrogen) atoms. The quantitative estimate of drug-likeness (QED) is 0.888. The van der Waals surface area contributed by atoms with Crippen LogP contribution in [-0.2, 0) is 6.42 Å². The maximum atomic E-state index is 11.0. The van der Waals surface area contributed by atoms with E-state index in [0.29, 0.717) is 17.3 Å². The van der Waals surface area contributed by atoms with E-state index in [2.05, 4.69) is 23.8 Å². The first-order valence-electron chi connectivity index (χ1n) is 8.07. The molecule has 0 aromatic carbocycles. The summed E-state index contributed by atoms with van der Waals surface area (Å²) in [5.74, 6) is 1.77. The lowest BCUT2D eigenvalue weighted by atomic mass is 9.39. The molecule has 0 spiro atoms.